The minimum Gasteiger partial charge on any atom is -0.439 e. The lowest BCUT2D eigenvalue weighted by atomic mass is 10.2. The molecule has 0 saturated carbocycles. The normalized spacial score (nSPS) is 10.4. The minimum atomic E-state index is -0.242. The zero-order valence-electron chi connectivity index (χ0n) is 17.1. The summed E-state index contributed by atoms with van der Waals surface area (Å²) >= 11 is 3.42. The number of hydrogen-bond acceptors (Lipinski definition) is 5. The smallest absolute Gasteiger partial charge is 0.322 e. The van der Waals surface area contributed by atoms with Crippen LogP contribution < -0.4 is 10.1 Å². The van der Waals surface area contributed by atoms with Gasteiger partial charge in [-0.05, 0) is 53.6 Å². The second-order valence-corrected chi connectivity index (χ2v) is 7.86. The van der Waals surface area contributed by atoms with E-state index in [4.69, 9.17) is 4.74 Å². The number of ether oxygens (including phenoxy) is 1. The second-order valence-electron chi connectivity index (χ2n) is 6.95. The van der Waals surface area contributed by atoms with Crippen LogP contribution in [0.1, 0.15) is 11.1 Å². The first-order valence-electron chi connectivity index (χ1n) is 9.89. The van der Waals surface area contributed by atoms with Crippen LogP contribution in [0.4, 0.5) is 10.5 Å². The molecule has 3 aromatic heterocycles. The van der Waals surface area contributed by atoms with Crippen LogP contribution in [0.2, 0.25) is 0 Å². The molecule has 4 aromatic rings. The number of halogens is 1. The number of amides is 2. The van der Waals surface area contributed by atoms with Gasteiger partial charge in [0.2, 0.25) is 5.88 Å². The fourth-order valence-corrected chi connectivity index (χ4v) is 3.37. The zero-order chi connectivity index (χ0) is 22.2. The van der Waals surface area contributed by atoms with Crippen LogP contribution in [0.5, 0.6) is 11.6 Å². The van der Waals surface area contributed by atoms with E-state index >= 15 is 0 Å². The number of nitrogens with zero attached hydrogens (tertiary/aromatic N) is 4. The molecule has 0 radical (unpaired) electrons. The van der Waals surface area contributed by atoms with E-state index in [0.29, 0.717) is 30.4 Å². The molecule has 0 aliphatic carbocycles. The summed E-state index contributed by atoms with van der Waals surface area (Å²) in [6, 6.07) is 18.3. The monoisotopic (exact) mass is 489 g/mol. The zero-order valence-corrected chi connectivity index (χ0v) is 18.6. The molecule has 0 bridgehead atoms. The van der Waals surface area contributed by atoms with Crippen molar-refractivity contribution in [2.24, 2.45) is 0 Å². The number of benzene rings is 1. The summed E-state index contributed by atoms with van der Waals surface area (Å²) in [7, 11) is 0. The van der Waals surface area contributed by atoms with E-state index < -0.39 is 0 Å². The summed E-state index contributed by atoms with van der Waals surface area (Å²) in [5, 5.41) is 2.91. The van der Waals surface area contributed by atoms with E-state index in [-0.39, 0.29) is 6.03 Å². The molecule has 160 valence electrons. The van der Waals surface area contributed by atoms with Crippen molar-refractivity contribution in [3.8, 4) is 11.6 Å². The lowest BCUT2D eigenvalue weighted by molar-refractivity contribution is 0.206. The van der Waals surface area contributed by atoms with Gasteiger partial charge in [-0.25, -0.2) is 9.78 Å². The summed E-state index contributed by atoms with van der Waals surface area (Å²) < 4.78 is 6.67. The molecule has 0 atom stereocenters. The van der Waals surface area contributed by atoms with Gasteiger partial charge in [-0.15, -0.1) is 0 Å². The highest BCUT2D eigenvalue weighted by Crippen LogP contribution is 2.23. The topological polar surface area (TPSA) is 80.2 Å². The van der Waals surface area contributed by atoms with Crippen molar-refractivity contribution in [3.05, 3.63) is 107 Å². The summed E-state index contributed by atoms with van der Waals surface area (Å²) in [5.74, 6) is 1.11. The largest absolute Gasteiger partial charge is 0.439 e. The Kier molecular flexibility index (Phi) is 7.04. The van der Waals surface area contributed by atoms with Gasteiger partial charge in [-0.2, -0.15) is 0 Å². The average Bonchev–Trinajstić information content (AvgIpc) is 2.81. The summed E-state index contributed by atoms with van der Waals surface area (Å²) in [5.41, 5.74) is 2.49. The molecule has 3 heterocycles. The number of pyridine rings is 3. The number of aromatic nitrogens is 3. The Bertz CT molecular complexity index is 1120. The van der Waals surface area contributed by atoms with Crippen molar-refractivity contribution in [1.82, 2.24) is 19.9 Å². The quantitative estimate of drug-likeness (QED) is 0.362. The van der Waals surface area contributed by atoms with Gasteiger partial charge < -0.3 is 15.0 Å². The fourth-order valence-electron chi connectivity index (χ4n) is 2.99. The molecule has 8 heteroatoms. The maximum Gasteiger partial charge on any atom is 0.322 e. The van der Waals surface area contributed by atoms with E-state index in [0.717, 1.165) is 15.6 Å². The number of carbonyl (C=O) groups is 1. The van der Waals surface area contributed by atoms with Gasteiger partial charge in [-0.3, -0.25) is 9.97 Å². The lowest BCUT2D eigenvalue weighted by Crippen LogP contribution is -2.34. The first-order chi connectivity index (χ1) is 15.7. The van der Waals surface area contributed by atoms with Crippen LogP contribution in [-0.2, 0) is 13.1 Å². The first-order valence-corrected chi connectivity index (χ1v) is 10.7. The maximum atomic E-state index is 13.0. The van der Waals surface area contributed by atoms with Gasteiger partial charge in [0.1, 0.15) is 5.75 Å². The molecule has 0 aliphatic rings. The lowest BCUT2D eigenvalue weighted by Gasteiger charge is -2.23. The Morgan fingerprint density at radius 3 is 2.47 bits per heavy atom. The van der Waals surface area contributed by atoms with Crippen LogP contribution in [0.3, 0.4) is 0 Å². The molecular weight excluding hydrogens is 470 g/mol. The van der Waals surface area contributed by atoms with E-state index in [1.807, 2.05) is 48.5 Å². The van der Waals surface area contributed by atoms with Crippen molar-refractivity contribution in [1.29, 1.82) is 0 Å². The van der Waals surface area contributed by atoms with Crippen molar-refractivity contribution in [2.75, 3.05) is 5.32 Å². The van der Waals surface area contributed by atoms with Crippen molar-refractivity contribution >= 4 is 27.6 Å². The Morgan fingerprint density at radius 1 is 0.906 bits per heavy atom. The number of rotatable bonds is 7. The van der Waals surface area contributed by atoms with E-state index in [9.17, 15) is 4.79 Å². The molecule has 1 aromatic carbocycles. The van der Waals surface area contributed by atoms with E-state index in [1.165, 1.54) is 0 Å². The SMILES string of the molecule is O=C(Nc1ccc(Oc2cccc(Br)c2)nc1)N(Cc1ccncc1)Cc1cccnc1. The van der Waals surface area contributed by atoms with Gasteiger partial charge in [0.05, 0.1) is 11.9 Å². The van der Waals surface area contributed by atoms with Gasteiger partial charge >= 0.3 is 6.03 Å². The average molecular weight is 490 g/mol. The Morgan fingerprint density at radius 2 is 1.75 bits per heavy atom. The molecule has 32 heavy (non-hydrogen) atoms. The predicted octanol–water partition coefficient (Wildman–Crippen LogP) is 5.66. The summed E-state index contributed by atoms with van der Waals surface area (Å²) in [6.45, 7) is 0.847. The minimum absolute atomic E-state index is 0.242. The van der Waals surface area contributed by atoms with Crippen molar-refractivity contribution in [3.63, 3.8) is 0 Å². The predicted molar refractivity (Wildman–Crippen MR) is 125 cm³/mol. The highest BCUT2D eigenvalue weighted by atomic mass is 79.9. The number of nitrogens with one attached hydrogen (secondary N) is 1. The molecule has 0 spiro atoms. The van der Waals surface area contributed by atoms with Crippen LogP contribution in [0, 0.1) is 0 Å². The highest BCUT2D eigenvalue weighted by Gasteiger charge is 2.15. The van der Waals surface area contributed by atoms with Crippen LogP contribution in [0.25, 0.3) is 0 Å². The molecule has 0 fully saturated rings. The molecule has 2 amide bonds. The van der Waals surface area contributed by atoms with E-state index in [2.05, 4.69) is 36.2 Å². The summed E-state index contributed by atoms with van der Waals surface area (Å²) in [4.78, 5) is 27.2. The highest BCUT2D eigenvalue weighted by molar-refractivity contribution is 9.10. The molecule has 4 rings (SSSR count). The number of urea groups is 1. The van der Waals surface area contributed by atoms with Crippen molar-refractivity contribution in [2.45, 2.75) is 13.1 Å². The van der Waals surface area contributed by atoms with Gasteiger partial charge in [0.15, 0.2) is 0 Å². The molecule has 7 nitrogen and oxygen atoms in total. The van der Waals surface area contributed by atoms with Gasteiger partial charge in [0, 0.05) is 48.4 Å². The van der Waals surface area contributed by atoms with Crippen LogP contribution in [0.15, 0.2) is 96.1 Å². The Hall–Kier alpha value is -3.78. The van der Waals surface area contributed by atoms with Crippen LogP contribution >= 0.6 is 15.9 Å². The molecule has 1 N–H and O–H groups in total. The number of anilines is 1. The Balaban J connectivity index is 1.44. The fraction of sp³-hybridized carbons (Fsp3) is 0.0833. The molecule has 0 aliphatic heterocycles. The molecule has 0 unspecified atom stereocenters. The number of hydrogen-bond donors (Lipinski definition) is 1. The van der Waals surface area contributed by atoms with Crippen molar-refractivity contribution < 1.29 is 9.53 Å². The third kappa shape index (κ3) is 6.12. The first kappa shape index (κ1) is 21.5. The molecular formula is C24H20BrN5O2. The third-order valence-corrected chi connectivity index (χ3v) is 5.01. The van der Waals surface area contributed by atoms with Gasteiger partial charge in [0.25, 0.3) is 0 Å². The standard InChI is InChI=1S/C24H20BrN5O2/c25-20-4-1-5-22(13-20)32-23-7-6-21(15-28-23)29-24(31)30(16-18-8-11-26-12-9-18)17-19-3-2-10-27-14-19/h1-15H,16-17H2,(H,29,31). The van der Waals surface area contributed by atoms with Gasteiger partial charge in [-0.1, -0.05) is 28.1 Å². The second kappa shape index (κ2) is 10.5. The molecule has 0 saturated heterocycles. The maximum absolute atomic E-state index is 13.0. The summed E-state index contributed by atoms with van der Waals surface area (Å²) in [6.07, 6.45) is 8.45. The third-order valence-electron chi connectivity index (χ3n) is 4.51. The van der Waals surface area contributed by atoms with E-state index in [1.54, 1.807) is 48.0 Å². The Labute approximate surface area is 194 Å². The number of carbonyl (C=O) groups excluding carboxylic acids is 1. The van der Waals surface area contributed by atoms with Crippen LogP contribution in [-0.4, -0.2) is 25.9 Å².